The number of aromatic carboxylic acids is 1. The largest absolute Gasteiger partial charge is 0.478 e. The molecule has 13 heavy (non-hydrogen) atoms. The summed E-state index contributed by atoms with van der Waals surface area (Å²) in [5.74, 6) is 4.30. The second-order valence-electron chi connectivity index (χ2n) is 2.67. The minimum Gasteiger partial charge on any atom is -0.478 e. The number of hydrogen-bond donors (Lipinski definition) is 3. The lowest BCUT2D eigenvalue weighted by Gasteiger charge is -2.06. The molecule has 0 saturated carbocycles. The summed E-state index contributed by atoms with van der Waals surface area (Å²) in [5.41, 5.74) is 4.31. The number of rotatable bonds is 3. The van der Waals surface area contributed by atoms with Gasteiger partial charge in [-0.25, -0.2) is 4.79 Å². The normalized spacial score (nSPS) is 9.69. The van der Waals surface area contributed by atoms with Gasteiger partial charge in [-0.15, -0.1) is 0 Å². The van der Waals surface area contributed by atoms with Gasteiger partial charge in [-0.2, -0.15) is 0 Å². The number of nitrogens with two attached hydrogens (primary N) is 1. The van der Waals surface area contributed by atoms with Crippen LogP contribution >= 0.6 is 0 Å². The zero-order valence-corrected chi connectivity index (χ0v) is 7.37. The van der Waals surface area contributed by atoms with Crippen LogP contribution in [0.1, 0.15) is 22.8 Å². The summed E-state index contributed by atoms with van der Waals surface area (Å²) in [6, 6.07) is 4.93. The Morgan fingerprint density at radius 1 is 1.62 bits per heavy atom. The van der Waals surface area contributed by atoms with Crippen LogP contribution in [0.25, 0.3) is 0 Å². The molecule has 0 bridgehead atoms. The van der Waals surface area contributed by atoms with Crippen LogP contribution < -0.4 is 11.3 Å². The Balaban J connectivity index is 3.15. The summed E-state index contributed by atoms with van der Waals surface area (Å²) in [4.78, 5) is 10.7. The number of carbonyl (C=O) groups is 1. The molecule has 4 N–H and O–H groups in total. The van der Waals surface area contributed by atoms with Crippen molar-refractivity contribution in [2.24, 2.45) is 5.84 Å². The summed E-state index contributed by atoms with van der Waals surface area (Å²) in [6.07, 6.45) is 0.678. The van der Waals surface area contributed by atoms with Crippen LogP contribution in [0.15, 0.2) is 18.2 Å². The average molecular weight is 180 g/mol. The van der Waals surface area contributed by atoms with E-state index in [1.165, 1.54) is 0 Å². The molecular weight excluding hydrogens is 168 g/mol. The van der Waals surface area contributed by atoms with Crippen LogP contribution in [0.5, 0.6) is 0 Å². The molecule has 1 aromatic carbocycles. The quantitative estimate of drug-likeness (QED) is 0.483. The molecule has 70 valence electrons. The van der Waals surface area contributed by atoms with Crippen LogP contribution in [0.4, 0.5) is 5.69 Å². The Labute approximate surface area is 76.3 Å². The summed E-state index contributed by atoms with van der Waals surface area (Å²) in [6.45, 7) is 1.90. The van der Waals surface area contributed by atoms with Gasteiger partial charge in [0.15, 0.2) is 0 Å². The van der Waals surface area contributed by atoms with E-state index >= 15 is 0 Å². The lowest BCUT2D eigenvalue weighted by Crippen LogP contribution is -2.08. The minimum absolute atomic E-state index is 0.335. The maximum atomic E-state index is 10.7. The Hall–Kier alpha value is -1.55. The van der Waals surface area contributed by atoms with Crippen molar-refractivity contribution in [3.8, 4) is 0 Å². The number of anilines is 1. The van der Waals surface area contributed by atoms with Crippen LogP contribution in [0.2, 0.25) is 0 Å². The first-order chi connectivity index (χ1) is 6.19. The number of benzene rings is 1. The minimum atomic E-state index is -0.902. The highest BCUT2D eigenvalue weighted by Gasteiger charge is 2.08. The number of carboxylic acid groups (broad SMARTS) is 1. The molecule has 0 heterocycles. The van der Waals surface area contributed by atoms with Crippen LogP contribution in [-0.4, -0.2) is 11.1 Å². The molecule has 0 aliphatic carbocycles. The lowest BCUT2D eigenvalue weighted by atomic mass is 10.0. The zero-order chi connectivity index (χ0) is 9.84. The molecule has 0 fully saturated rings. The van der Waals surface area contributed by atoms with Gasteiger partial charge in [0, 0.05) is 5.69 Å². The van der Waals surface area contributed by atoms with Gasteiger partial charge >= 0.3 is 5.97 Å². The van der Waals surface area contributed by atoms with Gasteiger partial charge < -0.3 is 10.5 Å². The van der Waals surface area contributed by atoms with Crippen molar-refractivity contribution >= 4 is 11.7 Å². The van der Waals surface area contributed by atoms with E-state index in [1.807, 2.05) is 6.92 Å². The van der Waals surface area contributed by atoms with Crippen LogP contribution in [-0.2, 0) is 6.42 Å². The van der Waals surface area contributed by atoms with Crippen molar-refractivity contribution in [1.29, 1.82) is 0 Å². The molecule has 1 rings (SSSR count). The maximum absolute atomic E-state index is 10.7. The summed E-state index contributed by atoms with van der Waals surface area (Å²) >= 11 is 0. The van der Waals surface area contributed by atoms with Gasteiger partial charge in [0.05, 0.1) is 5.56 Å². The first-order valence-corrected chi connectivity index (χ1v) is 4.02. The van der Waals surface area contributed by atoms with E-state index in [2.05, 4.69) is 5.43 Å². The van der Waals surface area contributed by atoms with E-state index in [0.29, 0.717) is 12.0 Å². The summed E-state index contributed by atoms with van der Waals surface area (Å²) in [7, 11) is 0. The topological polar surface area (TPSA) is 75.3 Å². The van der Waals surface area contributed by atoms with Gasteiger partial charge in [0.25, 0.3) is 0 Å². The Bertz CT molecular complexity index is 323. The predicted molar refractivity (Wildman–Crippen MR) is 50.6 cm³/mol. The van der Waals surface area contributed by atoms with Gasteiger partial charge in [0.1, 0.15) is 0 Å². The van der Waals surface area contributed by atoms with E-state index in [0.717, 1.165) is 11.3 Å². The van der Waals surface area contributed by atoms with E-state index < -0.39 is 5.97 Å². The fraction of sp³-hybridized carbons (Fsp3) is 0.222. The molecule has 0 unspecified atom stereocenters. The van der Waals surface area contributed by atoms with Crippen molar-refractivity contribution in [1.82, 2.24) is 0 Å². The monoisotopic (exact) mass is 180 g/mol. The highest BCUT2D eigenvalue weighted by atomic mass is 16.4. The first-order valence-electron chi connectivity index (χ1n) is 4.02. The molecule has 0 amide bonds. The fourth-order valence-electron chi connectivity index (χ4n) is 1.18. The molecular formula is C9H12N2O2. The first kappa shape index (κ1) is 9.54. The standard InChI is InChI=1S/C9H12N2O2/c1-2-6-5-7(11-10)3-4-8(6)9(12)13/h3-5,11H,2,10H2,1H3,(H,12,13). The van der Waals surface area contributed by atoms with Crippen molar-refractivity contribution in [3.63, 3.8) is 0 Å². The third kappa shape index (κ3) is 1.97. The van der Waals surface area contributed by atoms with Crippen molar-refractivity contribution in [2.75, 3.05) is 5.43 Å². The molecule has 0 aliphatic heterocycles. The molecule has 0 radical (unpaired) electrons. The molecule has 0 aromatic heterocycles. The van der Waals surface area contributed by atoms with Gasteiger partial charge in [-0.3, -0.25) is 5.84 Å². The molecule has 0 atom stereocenters. The number of hydrazine groups is 1. The van der Waals surface area contributed by atoms with E-state index in [9.17, 15) is 4.79 Å². The highest BCUT2D eigenvalue weighted by Crippen LogP contribution is 2.15. The average Bonchev–Trinajstić information content (AvgIpc) is 2.16. The number of nitrogen functional groups attached to an aromatic ring is 1. The van der Waals surface area contributed by atoms with E-state index in [4.69, 9.17) is 10.9 Å². The molecule has 1 aromatic rings. The number of hydrogen-bond acceptors (Lipinski definition) is 3. The van der Waals surface area contributed by atoms with Crippen molar-refractivity contribution in [2.45, 2.75) is 13.3 Å². The van der Waals surface area contributed by atoms with Crippen molar-refractivity contribution in [3.05, 3.63) is 29.3 Å². The van der Waals surface area contributed by atoms with E-state index in [-0.39, 0.29) is 0 Å². The lowest BCUT2D eigenvalue weighted by molar-refractivity contribution is 0.0696. The third-order valence-electron chi connectivity index (χ3n) is 1.88. The Morgan fingerprint density at radius 3 is 2.77 bits per heavy atom. The number of aryl methyl sites for hydroxylation is 1. The number of nitrogens with one attached hydrogen (secondary N) is 1. The predicted octanol–water partition coefficient (Wildman–Crippen LogP) is 1.23. The van der Waals surface area contributed by atoms with Crippen LogP contribution in [0, 0.1) is 0 Å². The highest BCUT2D eigenvalue weighted by molar-refractivity contribution is 5.90. The van der Waals surface area contributed by atoms with Crippen molar-refractivity contribution < 1.29 is 9.90 Å². The van der Waals surface area contributed by atoms with E-state index in [1.54, 1.807) is 18.2 Å². The summed E-state index contributed by atoms with van der Waals surface area (Å²) in [5, 5.41) is 8.81. The second kappa shape index (κ2) is 3.91. The Kier molecular flexibility index (Phi) is 2.87. The van der Waals surface area contributed by atoms with Gasteiger partial charge in [-0.05, 0) is 30.2 Å². The molecule has 4 nitrogen and oxygen atoms in total. The van der Waals surface area contributed by atoms with Gasteiger partial charge in [0.2, 0.25) is 0 Å². The molecule has 0 saturated heterocycles. The second-order valence-corrected chi connectivity index (χ2v) is 2.67. The smallest absolute Gasteiger partial charge is 0.335 e. The third-order valence-corrected chi connectivity index (χ3v) is 1.88. The zero-order valence-electron chi connectivity index (χ0n) is 7.37. The molecule has 0 aliphatic rings. The van der Waals surface area contributed by atoms with Crippen LogP contribution in [0.3, 0.4) is 0 Å². The molecule has 0 spiro atoms. The van der Waals surface area contributed by atoms with Gasteiger partial charge in [-0.1, -0.05) is 6.92 Å². The molecule has 4 heteroatoms. The Morgan fingerprint density at radius 2 is 2.31 bits per heavy atom. The summed E-state index contributed by atoms with van der Waals surface area (Å²) < 4.78 is 0. The number of carboxylic acids is 1. The SMILES string of the molecule is CCc1cc(NN)ccc1C(=O)O. The maximum Gasteiger partial charge on any atom is 0.335 e. The fourth-order valence-corrected chi connectivity index (χ4v) is 1.18.